The molecular weight excluding hydrogens is 388 g/mol. The van der Waals surface area contributed by atoms with E-state index in [0.29, 0.717) is 25.0 Å². The van der Waals surface area contributed by atoms with Gasteiger partial charge >= 0.3 is 0 Å². The van der Waals surface area contributed by atoms with Crippen LogP contribution < -0.4 is 9.47 Å². The minimum Gasteiger partial charge on any atom is -0.494 e. The van der Waals surface area contributed by atoms with Gasteiger partial charge in [0.1, 0.15) is 11.5 Å². The Morgan fingerprint density at radius 1 is 0.677 bits per heavy atom. The van der Waals surface area contributed by atoms with Gasteiger partial charge in [0.15, 0.2) is 0 Å². The molecule has 0 unspecified atom stereocenters. The molecule has 0 atom stereocenters. The first-order chi connectivity index (χ1) is 15.3. The summed E-state index contributed by atoms with van der Waals surface area (Å²) in [5.74, 6) is 2.65. The molecule has 0 saturated carbocycles. The Kier molecular flexibility index (Phi) is 8.92. The van der Waals surface area contributed by atoms with Crippen molar-refractivity contribution in [3.05, 3.63) is 72.8 Å². The normalized spacial score (nSPS) is 11.4. The van der Waals surface area contributed by atoms with Gasteiger partial charge in [0, 0.05) is 11.1 Å². The summed E-state index contributed by atoms with van der Waals surface area (Å²) >= 11 is 0. The maximum atomic E-state index is 5.87. The second kappa shape index (κ2) is 12.4. The van der Waals surface area contributed by atoms with Crippen LogP contribution >= 0.6 is 0 Å². The first-order valence-corrected chi connectivity index (χ1v) is 10.8. The minimum atomic E-state index is 0.485. The summed E-state index contributed by atoms with van der Waals surface area (Å²) in [5.41, 5.74) is 1.72. The van der Waals surface area contributed by atoms with Crippen LogP contribution in [0.15, 0.2) is 77.3 Å². The molecule has 3 rings (SSSR count). The summed E-state index contributed by atoms with van der Waals surface area (Å²) in [6.45, 7) is 5.45. The van der Waals surface area contributed by atoms with E-state index in [2.05, 4.69) is 34.5 Å². The Bertz CT molecular complexity index is 879. The molecule has 0 aliphatic rings. The minimum absolute atomic E-state index is 0.485. The number of allylic oxidation sites excluding steroid dienone is 4. The van der Waals surface area contributed by atoms with Crippen LogP contribution in [0.2, 0.25) is 0 Å². The SMILES string of the molecule is C/C=C/CCCOc1ccc(-c2nnc(-c3ccc(OCCC/C=C/C)cc3)o2)cc1. The van der Waals surface area contributed by atoms with Crippen molar-refractivity contribution in [1.29, 1.82) is 0 Å². The van der Waals surface area contributed by atoms with Gasteiger partial charge in [-0.3, -0.25) is 0 Å². The molecule has 0 aliphatic carbocycles. The highest BCUT2D eigenvalue weighted by molar-refractivity contribution is 5.59. The standard InChI is InChI=1S/C26H30N2O3/c1-3-5-7-9-19-29-23-15-11-21(12-16-23)25-27-28-26(31-25)22-13-17-24(18-14-22)30-20-10-8-6-4-2/h3-6,11-18H,7-10,19-20H2,1-2H3/b5-3+,6-4+. The Labute approximate surface area is 184 Å². The molecule has 31 heavy (non-hydrogen) atoms. The number of aromatic nitrogens is 2. The molecule has 1 heterocycles. The van der Waals surface area contributed by atoms with Crippen LogP contribution in [0.4, 0.5) is 0 Å². The first-order valence-electron chi connectivity index (χ1n) is 10.8. The van der Waals surface area contributed by atoms with Gasteiger partial charge in [-0.25, -0.2) is 0 Å². The molecule has 0 fully saturated rings. The number of unbranched alkanes of at least 4 members (excludes halogenated alkanes) is 2. The van der Waals surface area contributed by atoms with Gasteiger partial charge in [0.05, 0.1) is 13.2 Å². The van der Waals surface area contributed by atoms with Crippen molar-refractivity contribution in [2.45, 2.75) is 39.5 Å². The van der Waals surface area contributed by atoms with Crippen molar-refractivity contribution in [3.63, 3.8) is 0 Å². The van der Waals surface area contributed by atoms with Crippen LogP contribution in [0, 0.1) is 0 Å². The van der Waals surface area contributed by atoms with Crippen molar-refractivity contribution in [2.75, 3.05) is 13.2 Å². The number of rotatable bonds is 12. The Balaban J connectivity index is 1.53. The highest BCUT2D eigenvalue weighted by atomic mass is 16.5. The number of benzene rings is 2. The number of hydrogen-bond acceptors (Lipinski definition) is 5. The second-order valence-corrected chi connectivity index (χ2v) is 7.08. The third kappa shape index (κ3) is 7.14. The topological polar surface area (TPSA) is 57.4 Å². The highest BCUT2D eigenvalue weighted by Crippen LogP contribution is 2.26. The van der Waals surface area contributed by atoms with Crippen molar-refractivity contribution in [2.24, 2.45) is 0 Å². The molecule has 5 nitrogen and oxygen atoms in total. The number of ether oxygens (including phenoxy) is 2. The Morgan fingerprint density at radius 3 is 1.48 bits per heavy atom. The van der Waals surface area contributed by atoms with Crippen LogP contribution in [0.5, 0.6) is 11.5 Å². The summed E-state index contributed by atoms with van der Waals surface area (Å²) in [7, 11) is 0. The summed E-state index contributed by atoms with van der Waals surface area (Å²) < 4.78 is 17.4. The fourth-order valence-electron chi connectivity index (χ4n) is 2.96. The lowest BCUT2D eigenvalue weighted by Gasteiger charge is -2.05. The lowest BCUT2D eigenvalue weighted by atomic mass is 10.2. The van der Waals surface area contributed by atoms with Gasteiger partial charge in [-0.05, 0) is 88.1 Å². The first kappa shape index (κ1) is 22.3. The summed E-state index contributed by atoms with van der Waals surface area (Å²) in [6.07, 6.45) is 12.5. The maximum absolute atomic E-state index is 5.87. The highest BCUT2D eigenvalue weighted by Gasteiger charge is 2.11. The predicted octanol–water partition coefficient (Wildman–Crippen LogP) is 6.87. The second-order valence-electron chi connectivity index (χ2n) is 7.08. The average molecular weight is 419 g/mol. The fourth-order valence-corrected chi connectivity index (χ4v) is 2.96. The van der Waals surface area contributed by atoms with Crippen molar-refractivity contribution in [3.8, 4) is 34.4 Å². The molecule has 0 spiro atoms. The van der Waals surface area contributed by atoms with Gasteiger partial charge in [-0.2, -0.15) is 0 Å². The monoisotopic (exact) mass is 418 g/mol. The third-order valence-electron chi connectivity index (χ3n) is 4.67. The number of hydrogen-bond donors (Lipinski definition) is 0. The quantitative estimate of drug-likeness (QED) is 0.237. The molecule has 0 bridgehead atoms. The maximum Gasteiger partial charge on any atom is 0.248 e. The lowest BCUT2D eigenvalue weighted by Crippen LogP contribution is -1.96. The van der Waals surface area contributed by atoms with E-state index in [4.69, 9.17) is 13.9 Å². The van der Waals surface area contributed by atoms with E-state index in [1.165, 1.54) is 0 Å². The van der Waals surface area contributed by atoms with E-state index in [1.807, 2.05) is 62.4 Å². The lowest BCUT2D eigenvalue weighted by molar-refractivity contribution is 0.312. The van der Waals surface area contributed by atoms with Crippen molar-refractivity contribution in [1.82, 2.24) is 10.2 Å². The fraction of sp³-hybridized carbons (Fsp3) is 0.308. The van der Waals surface area contributed by atoms with E-state index in [0.717, 1.165) is 48.3 Å². The molecule has 0 radical (unpaired) electrons. The van der Waals surface area contributed by atoms with E-state index < -0.39 is 0 Å². The molecular formula is C26H30N2O3. The predicted molar refractivity (Wildman–Crippen MR) is 124 cm³/mol. The third-order valence-corrected chi connectivity index (χ3v) is 4.67. The van der Waals surface area contributed by atoms with Crippen LogP contribution in [0.1, 0.15) is 39.5 Å². The molecule has 3 aromatic rings. The van der Waals surface area contributed by atoms with Crippen molar-refractivity contribution < 1.29 is 13.9 Å². The van der Waals surface area contributed by atoms with E-state index in [-0.39, 0.29) is 0 Å². The molecule has 0 N–H and O–H groups in total. The molecule has 2 aromatic carbocycles. The summed E-state index contributed by atoms with van der Waals surface area (Å²) in [4.78, 5) is 0. The largest absolute Gasteiger partial charge is 0.494 e. The van der Waals surface area contributed by atoms with Gasteiger partial charge in [0.2, 0.25) is 11.8 Å². The van der Waals surface area contributed by atoms with Crippen LogP contribution in [0.25, 0.3) is 22.9 Å². The van der Waals surface area contributed by atoms with E-state index >= 15 is 0 Å². The van der Waals surface area contributed by atoms with E-state index in [9.17, 15) is 0 Å². The van der Waals surface area contributed by atoms with Crippen LogP contribution in [-0.2, 0) is 0 Å². The van der Waals surface area contributed by atoms with E-state index in [1.54, 1.807) is 0 Å². The molecule has 162 valence electrons. The summed E-state index contributed by atoms with van der Waals surface area (Å²) in [5, 5.41) is 8.37. The zero-order valence-electron chi connectivity index (χ0n) is 18.3. The van der Waals surface area contributed by atoms with Gasteiger partial charge in [0.25, 0.3) is 0 Å². The van der Waals surface area contributed by atoms with Gasteiger partial charge in [-0.1, -0.05) is 24.3 Å². The van der Waals surface area contributed by atoms with Gasteiger partial charge in [-0.15, -0.1) is 10.2 Å². The van der Waals surface area contributed by atoms with Crippen LogP contribution in [-0.4, -0.2) is 23.4 Å². The molecule has 0 amide bonds. The molecule has 0 aliphatic heterocycles. The van der Waals surface area contributed by atoms with Gasteiger partial charge < -0.3 is 13.9 Å². The number of nitrogens with zero attached hydrogens (tertiary/aromatic N) is 2. The molecule has 1 aromatic heterocycles. The average Bonchev–Trinajstić information content (AvgIpc) is 3.30. The Hall–Kier alpha value is -3.34. The smallest absolute Gasteiger partial charge is 0.248 e. The van der Waals surface area contributed by atoms with Crippen LogP contribution in [0.3, 0.4) is 0 Å². The Morgan fingerprint density at radius 2 is 1.10 bits per heavy atom. The zero-order chi connectivity index (χ0) is 21.7. The zero-order valence-corrected chi connectivity index (χ0v) is 18.3. The van der Waals surface area contributed by atoms with Crippen molar-refractivity contribution >= 4 is 0 Å². The summed E-state index contributed by atoms with van der Waals surface area (Å²) in [6, 6.07) is 15.4. The molecule has 5 heteroatoms. The molecule has 0 saturated heterocycles.